The molecule has 1 aliphatic heterocycles. The molecule has 0 bridgehead atoms. The van der Waals surface area contributed by atoms with Crippen LogP contribution in [0, 0.1) is 13.8 Å². The molecule has 1 fully saturated rings. The van der Waals surface area contributed by atoms with Gasteiger partial charge in [0.15, 0.2) is 5.16 Å². The molecule has 0 N–H and O–H groups in total. The first-order valence-electron chi connectivity index (χ1n) is 8.36. The van der Waals surface area contributed by atoms with Gasteiger partial charge in [-0.25, -0.2) is 14.9 Å². The van der Waals surface area contributed by atoms with Crippen LogP contribution in [0.5, 0.6) is 0 Å². The predicted molar refractivity (Wildman–Crippen MR) is 102 cm³/mol. The van der Waals surface area contributed by atoms with Gasteiger partial charge in [-0.15, -0.1) is 0 Å². The summed E-state index contributed by atoms with van der Waals surface area (Å²) in [4.78, 5) is 35.5. The second-order valence-electron chi connectivity index (χ2n) is 6.33. The smallest absolute Gasteiger partial charge is 0.247 e. The summed E-state index contributed by atoms with van der Waals surface area (Å²) in [6.45, 7) is 3.97. The lowest BCUT2D eigenvalue weighted by molar-refractivity contribution is -0.121. The number of rotatable bonds is 3. The number of carbonyl (C=O) groups is 2. The van der Waals surface area contributed by atoms with Crippen molar-refractivity contribution in [3.8, 4) is 0 Å². The number of para-hydroxylation sites is 1. The van der Waals surface area contributed by atoms with Crippen LogP contribution >= 0.6 is 11.8 Å². The molecule has 2 heterocycles. The highest BCUT2D eigenvalue weighted by molar-refractivity contribution is 8.00. The SMILES string of the molecule is Cc1ccc2nc(SC3CC(=O)N(c4ccccc4)C3=O)nc(C)c2c1. The van der Waals surface area contributed by atoms with Gasteiger partial charge < -0.3 is 0 Å². The van der Waals surface area contributed by atoms with Gasteiger partial charge in [-0.05, 0) is 38.1 Å². The highest BCUT2D eigenvalue weighted by Crippen LogP contribution is 2.33. The first kappa shape index (κ1) is 16.7. The number of thioether (sulfide) groups is 1. The van der Waals surface area contributed by atoms with Crippen molar-refractivity contribution in [2.75, 3.05) is 4.90 Å². The lowest BCUT2D eigenvalue weighted by Gasteiger charge is -2.14. The van der Waals surface area contributed by atoms with Gasteiger partial charge in [0.25, 0.3) is 0 Å². The lowest BCUT2D eigenvalue weighted by Crippen LogP contribution is -2.31. The Balaban J connectivity index is 1.62. The van der Waals surface area contributed by atoms with Crippen LogP contribution in [-0.4, -0.2) is 27.0 Å². The first-order valence-corrected chi connectivity index (χ1v) is 9.24. The molecule has 1 atom stereocenters. The highest BCUT2D eigenvalue weighted by atomic mass is 32.2. The number of fused-ring (bicyclic) bond motifs is 1. The number of hydrogen-bond acceptors (Lipinski definition) is 5. The van der Waals surface area contributed by atoms with Gasteiger partial charge in [-0.3, -0.25) is 9.59 Å². The van der Waals surface area contributed by atoms with Gasteiger partial charge in [-0.2, -0.15) is 0 Å². The van der Waals surface area contributed by atoms with E-state index in [4.69, 9.17) is 0 Å². The summed E-state index contributed by atoms with van der Waals surface area (Å²) >= 11 is 1.26. The summed E-state index contributed by atoms with van der Waals surface area (Å²) in [5.74, 6) is -0.400. The summed E-state index contributed by atoms with van der Waals surface area (Å²) in [6.07, 6.45) is 0.159. The summed E-state index contributed by atoms with van der Waals surface area (Å²) in [5.41, 5.74) is 3.48. The van der Waals surface area contributed by atoms with Crippen molar-refractivity contribution < 1.29 is 9.59 Å². The largest absolute Gasteiger partial charge is 0.274 e. The molecule has 0 spiro atoms. The lowest BCUT2D eigenvalue weighted by atomic mass is 10.1. The third-order valence-corrected chi connectivity index (χ3v) is 5.43. The van der Waals surface area contributed by atoms with E-state index in [-0.39, 0.29) is 18.2 Å². The van der Waals surface area contributed by atoms with E-state index in [2.05, 4.69) is 16.0 Å². The summed E-state index contributed by atoms with van der Waals surface area (Å²) in [5, 5.41) is 1.04. The normalized spacial score (nSPS) is 17.3. The zero-order valence-corrected chi connectivity index (χ0v) is 15.3. The Morgan fingerprint density at radius 1 is 1.04 bits per heavy atom. The molecule has 3 aromatic rings. The predicted octanol–water partition coefficient (Wildman–Crippen LogP) is 3.67. The Labute approximate surface area is 155 Å². The number of aromatic nitrogens is 2. The second-order valence-corrected chi connectivity index (χ2v) is 7.50. The molecule has 1 aromatic heterocycles. The maximum atomic E-state index is 12.7. The number of anilines is 1. The molecule has 130 valence electrons. The maximum absolute atomic E-state index is 12.7. The van der Waals surface area contributed by atoms with E-state index < -0.39 is 5.25 Å². The van der Waals surface area contributed by atoms with Crippen molar-refractivity contribution in [1.29, 1.82) is 0 Å². The molecule has 2 aromatic carbocycles. The first-order chi connectivity index (χ1) is 12.5. The molecule has 2 amide bonds. The van der Waals surface area contributed by atoms with E-state index in [1.54, 1.807) is 12.1 Å². The van der Waals surface area contributed by atoms with Gasteiger partial charge in [0.05, 0.1) is 11.2 Å². The zero-order valence-electron chi connectivity index (χ0n) is 14.5. The van der Waals surface area contributed by atoms with Gasteiger partial charge in [-0.1, -0.05) is 41.6 Å². The van der Waals surface area contributed by atoms with Crippen LogP contribution in [0.4, 0.5) is 5.69 Å². The summed E-state index contributed by atoms with van der Waals surface area (Å²) in [6, 6.07) is 15.0. The van der Waals surface area contributed by atoms with Gasteiger partial charge >= 0.3 is 0 Å². The Morgan fingerprint density at radius 2 is 1.81 bits per heavy atom. The van der Waals surface area contributed by atoms with E-state index in [1.807, 2.05) is 44.2 Å². The zero-order chi connectivity index (χ0) is 18.3. The molecule has 26 heavy (non-hydrogen) atoms. The molecule has 1 unspecified atom stereocenters. The van der Waals surface area contributed by atoms with Crippen molar-refractivity contribution in [3.63, 3.8) is 0 Å². The van der Waals surface area contributed by atoms with Crippen molar-refractivity contribution in [3.05, 3.63) is 59.8 Å². The Hall–Kier alpha value is -2.73. The van der Waals surface area contributed by atoms with E-state index in [0.717, 1.165) is 22.2 Å². The van der Waals surface area contributed by atoms with E-state index in [0.29, 0.717) is 10.8 Å². The van der Waals surface area contributed by atoms with Crippen LogP contribution in [0.25, 0.3) is 10.9 Å². The van der Waals surface area contributed by atoms with E-state index in [1.165, 1.54) is 16.7 Å². The topological polar surface area (TPSA) is 63.2 Å². The molecule has 5 nitrogen and oxygen atoms in total. The molecule has 1 saturated heterocycles. The summed E-state index contributed by atoms with van der Waals surface area (Å²) < 4.78 is 0. The van der Waals surface area contributed by atoms with E-state index >= 15 is 0 Å². The average molecular weight is 363 g/mol. The van der Waals surface area contributed by atoms with E-state index in [9.17, 15) is 9.59 Å². The molecule has 4 rings (SSSR count). The molecule has 1 aliphatic rings. The summed E-state index contributed by atoms with van der Waals surface area (Å²) in [7, 11) is 0. The standard InChI is InChI=1S/C20H17N3O2S/c1-12-8-9-16-15(10-12)13(2)21-20(22-16)26-17-11-18(24)23(19(17)25)14-6-4-3-5-7-14/h3-10,17H,11H2,1-2H3. The minimum absolute atomic E-state index is 0.159. The van der Waals surface area contributed by atoms with Crippen LogP contribution < -0.4 is 4.90 Å². The number of aryl methyl sites for hydroxylation is 2. The second kappa shape index (κ2) is 6.53. The molecule has 0 radical (unpaired) electrons. The fraction of sp³-hybridized carbons (Fsp3) is 0.200. The Kier molecular flexibility index (Phi) is 4.20. The van der Waals surface area contributed by atoms with Crippen LogP contribution in [0.1, 0.15) is 17.7 Å². The van der Waals surface area contributed by atoms with Crippen molar-refractivity contribution in [1.82, 2.24) is 9.97 Å². The van der Waals surface area contributed by atoms with Gasteiger partial charge in [0.1, 0.15) is 5.25 Å². The minimum atomic E-state index is -0.495. The van der Waals surface area contributed by atoms with Crippen LogP contribution in [-0.2, 0) is 9.59 Å². The number of hydrogen-bond donors (Lipinski definition) is 0. The Morgan fingerprint density at radius 3 is 2.58 bits per heavy atom. The van der Waals surface area contributed by atoms with Crippen molar-refractivity contribution in [2.45, 2.75) is 30.7 Å². The third kappa shape index (κ3) is 2.97. The average Bonchev–Trinajstić information content (AvgIpc) is 2.90. The van der Waals surface area contributed by atoms with Crippen molar-refractivity contribution >= 4 is 40.2 Å². The quantitative estimate of drug-likeness (QED) is 0.525. The van der Waals surface area contributed by atoms with Crippen molar-refractivity contribution in [2.24, 2.45) is 0 Å². The fourth-order valence-corrected chi connectivity index (χ4v) is 4.12. The van der Waals surface area contributed by atoms with Crippen LogP contribution in [0.2, 0.25) is 0 Å². The fourth-order valence-electron chi connectivity index (χ4n) is 3.09. The van der Waals surface area contributed by atoms with Gasteiger partial charge in [0, 0.05) is 17.5 Å². The van der Waals surface area contributed by atoms with Crippen LogP contribution in [0.15, 0.2) is 53.7 Å². The van der Waals surface area contributed by atoms with Gasteiger partial charge in [0.2, 0.25) is 11.8 Å². The molecular formula is C20H17N3O2S. The number of amides is 2. The number of benzene rings is 2. The third-order valence-electron chi connectivity index (χ3n) is 4.39. The molecule has 0 saturated carbocycles. The minimum Gasteiger partial charge on any atom is -0.274 e. The molecular weight excluding hydrogens is 346 g/mol. The highest BCUT2D eigenvalue weighted by Gasteiger charge is 2.40. The molecule has 0 aliphatic carbocycles. The molecule has 6 heteroatoms. The number of nitrogens with zero attached hydrogens (tertiary/aromatic N) is 3. The number of imide groups is 1. The Bertz CT molecular complexity index is 1020. The number of carbonyl (C=O) groups excluding carboxylic acids is 2. The maximum Gasteiger partial charge on any atom is 0.247 e. The van der Waals surface area contributed by atoms with Crippen LogP contribution in [0.3, 0.4) is 0 Å². The monoisotopic (exact) mass is 363 g/mol.